The summed E-state index contributed by atoms with van der Waals surface area (Å²) in [4.78, 5) is 25.0. The van der Waals surface area contributed by atoms with Crippen molar-refractivity contribution in [3.63, 3.8) is 0 Å². The summed E-state index contributed by atoms with van der Waals surface area (Å²) in [5, 5.41) is 5.05. The summed E-state index contributed by atoms with van der Waals surface area (Å²) < 4.78 is 10.8. The Morgan fingerprint density at radius 3 is 2.46 bits per heavy atom. The fourth-order valence-electron chi connectivity index (χ4n) is 2.50. The van der Waals surface area contributed by atoms with E-state index in [1.54, 1.807) is 30.5 Å². The van der Waals surface area contributed by atoms with Crippen molar-refractivity contribution in [1.82, 2.24) is 0 Å². The summed E-state index contributed by atoms with van der Waals surface area (Å²) in [7, 11) is 0. The van der Waals surface area contributed by atoms with Gasteiger partial charge in [-0.1, -0.05) is 17.7 Å². The molecule has 0 aliphatic heterocycles. The highest BCUT2D eigenvalue weighted by atomic mass is 32.1. The molecule has 0 fully saturated rings. The van der Waals surface area contributed by atoms with E-state index in [0.29, 0.717) is 27.5 Å². The first-order valence-corrected chi connectivity index (χ1v) is 9.11. The standard InChI is InChI=1S/C20H19NO4S/c1-4-24-20(23)17-15(16-10-7-13(3)25-16)11-26-19(17)21-18(22)14-8-5-12(2)6-9-14/h5-11H,4H2,1-3H3,(H,21,22). The molecular formula is C20H19NO4S. The van der Waals surface area contributed by atoms with Gasteiger partial charge in [-0.15, -0.1) is 11.3 Å². The number of thiophene rings is 1. The van der Waals surface area contributed by atoms with Gasteiger partial charge in [0.15, 0.2) is 0 Å². The van der Waals surface area contributed by atoms with Crippen LogP contribution in [0, 0.1) is 13.8 Å². The number of hydrogen-bond donors (Lipinski definition) is 1. The number of anilines is 1. The summed E-state index contributed by atoms with van der Waals surface area (Å²) in [6.07, 6.45) is 0. The van der Waals surface area contributed by atoms with Crippen LogP contribution in [0.2, 0.25) is 0 Å². The van der Waals surface area contributed by atoms with Crippen molar-refractivity contribution in [3.05, 3.63) is 64.2 Å². The zero-order valence-electron chi connectivity index (χ0n) is 14.8. The number of amides is 1. The van der Waals surface area contributed by atoms with Gasteiger partial charge < -0.3 is 14.5 Å². The minimum absolute atomic E-state index is 0.247. The van der Waals surface area contributed by atoms with Crippen molar-refractivity contribution in [1.29, 1.82) is 0 Å². The largest absolute Gasteiger partial charge is 0.462 e. The summed E-state index contributed by atoms with van der Waals surface area (Å²) in [6.45, 7) is 5.78. The number of nitrogens with one attached hydrogen (secondary N) is 1. The number of rotatable bonds is 5. The van der Waals surface area contributed by atoms with Crippen LogP contribution in [0.5, 0.6) is 0 Å². The Bertz CT molecular complexity index is 937. The van der Waals surface area contributed by atoms with E-state index in [-0.39, 0.29) is 12.5 Å². The molecule has 26 heavy (non-hydrogen) atoms. The van der Waals surface area contributed by atoms with E-state index in [1.807, 2.05) is 32.0 Å². The molecule has 2 heterocycles. The summed E-state index contributed by atoms with van der Waals surface area (Å²) in [5.41, 5.74) is 2.52. The lowest BCUT2D eigenvalue weighted by Gasteiger charge is -2.08. The van der Waals surface area contributed by atoms with E-state index < -0.39 is 5.97 Å². The van der Waals surface area contributed by atoms with E-state index in [4.69, 9.17) is 9.15 Å². The van der Waals surface area contributed by atoms with Gasteiger partial charge in [0.25, 0.3) is 5.91 Å². The van der Waals surface area contributed by atoms with Gasteiger partial charge in [-0.25, -0.2) is 4.79 Å². The lowest BCUT2D eigenvalue weighted by Crippen LogP contribution is -2.14. The second kappa shape index (κ2) is 7.58. The molecule has 0 bridgehead atoms. The first-order valence-electron chi connectivity index (χ1n) is 8.23. The fourth-order valence-corrected chi connectivity index (χ4v) is 3.43. The maximum Gasteiger partial charge on any atom is 0.341 e. The van der Waals surface area contributed by atoms with E-state index in [0.717, 1.165) is 11.3 Å². The van der Waals surface area contributed by atoms with E-state index >= 15 is 0 Å². The zero-order chi connectivity index (χ0) is 18.7. The van der Waals surface area contributed by atoms with E-state index in [1.165, 1.54) is 11.3 Å². The lowest BCUT2D eigenvalue weighted by molar-refractivity contribution is 0.0529. The van der Waals surface area contributed by atoms with Gasteiger partial charge in [-0.3, -0.25) is 4.79 Å². The fraction of sp³-hybridized carbons (Fsp3) is 0.200. The zero-order valence-corrected chi connectivity index (χ0v) is 15.6. The van der Waals surface area contributed by atoms with Gasteiger partial charge >= 0.3 is 5.97 Å². The summed E-state index contributed by atoms with van der Waals surface area (Å²) in [6, 6.07) is 10.9. The van der Waals surface area contributed by atoms with Crippen LogP contribution in [0.15, 0.2) is 46.2 Å². The second-order valence-corrected chi connectivity index (χ2v) is 6.68. The van der Waals surface area contributed by atoms with Crippen LogP contribution in [-0.2, 0) is 4.74 Å². The van der Waals surface area contributed by atoms with Crippen molar-refractivity contribution < 1.29 is 18.7 Å². The van der Waals surface area contributed by atoms with Gasteiger partial charge in [0.2, 0.25) is 0 Å². The molecule has 0 saturated heterocycles. The van der Waals surface area contributed by atoms with Gasteiger partial charge in [0.05, 0.1) is 6.61 Å². The minimum Gasteiger partial charge on any atom is -0.462 e. The van der Waals surface area contributed by atoms with E-state index in [2.05, 4.69) is 5.32 Å². The second-order valence-electron chi connectivity index (χ2n) is 5.80. The van der Waals surface area contributed by atoms with Gasteiger partial charge in [0, 0.05) is 16.5 Å². The molecule has 3 rings (SSSR count). The average molecular weight is 369 g/mol. The number of ether oxygens (including phenoxy) is 1. The van der Waals surface area contributed by atoms with E-state index in [9.17, 15) is 9.59 Å². The van der Waals surface area contributed by atoms with Crippen molar-refractivity contribution in [2.45, 2.75) is 20.8 Å². The molecule has 0 radical (unpaired) electrons. The number of carbonyl (C=O) groups excluding carboxylic acids is 2. The number of benzene rings is 1. The number of esters is 1. The molecule has 1 N–H and O–H groups in total. The predicted octanol–water partition coefficient (Wildman–Crippen LogP) is 5.05. The molecular weight excluding hydrogens is 350 g/mol. The maximum absolute atomic E-state index is 12.5. The number of aryl methyl sites for hydroxylation is 2. The molecule has 0 unspecified atom stereocenters. The topological polar surface area (TPSA) is 68.5 Å². The molecule has 0 aliphatic carbocycles. The molecule has 0 saturated carbocycles. The van der Waals surface area contributed by atoms with Gasteiger partial charge in [-0.2, -0.15) is 0 Å². The number of furan rings is 1. The molecule has 1 amide bonds. The average Bonchev–Trinajstić information content (AvgIpc) is 3.21. The monoisotopic (exact) mass is 369 g/mol. The Labute approximate surface area is 155 Å². The molecule has 6 heteroatoms. The molecule has 0 aliphatic rings. The molecule has 2 aromatic heterocycles. The smallest absolute Gasteiger partial charge is 0.341 e. The lowest BCUT2D eigenvalue weighted by atomic mass is 10.1. The van der Waals surface area contributed by atoms with Gasteiger partial charge in [0.1, 0.15) is 22.1 Å². The molecule has 3 aromatic rings. The molecule has 134 valence electrons. The van der Waals surface area contributed by atoms with Crippen molar-refractivity contribution in [2.75, 3.05) is 11.9 Å². The molecule has 5 nitrogen and oxygen atoms in total. The quantitative estimate of drug-likeness (QED) is 0.639. The SMILES string of the molecule is CCOC(=O)c1c(-c2ccc(C)o2)csc1NC(=O)c1ccc(C)cc1. The highest BCUT2D eigenvalue weighted by Crippen LogP contribution is 2.37. The molecule has 0 atom stereocenters. The Hall–Kier alpha value is -2.86. The summed E-state index contributed by atoms with van der Waals surface area (Å²) >= 11 is 1.27. The Morgan fingerprint density at radius 1 is 1.12 bits per heavy atom. The minimum atomic E-state index is -0.489. The van der Waals surface area contributed by atoms with Crippen LogP contribution in [0.4, 0.5) is 5.00 Å². The van der Waals surface area contributed by atoms with Crippen LogP contribution >= 0.6 is 11.3 Å². The Morgan fingerprint density at radius 2 is 1.85 bits per heavy atom. The van der Waals surface area contributed by atoms with Crippen molar-refractivity contribution in [2.24, 2.45) is 0 Å². The predicted molar refractivity (Wildman–Crippen MR) is 102 cm³/mol. The normalized spacial score (nSPS) is 10.6. The van der Waals surface area contributed by atoms with Crippen LogP contribution in [0.1, 0.15) is 39.0 Å². The van der Waals surface area contributed by atoms with Crippen LogP contribution in [-0.4, -0.2) is 18.5 Å². The number of carbonyl (C=O) groups is 2. The third-order valence-corrected chi connectivity index (χ3v) is 4.71. The van der Waals surface area contributed by atoms with Crippen LogP contribution < -0.4 is 5.32 Å². The maximum atomic E-state index is 12.5. The first kappa shape index (κ1) is 17.9. The molecule has 0 spiro atoms. The van der Waals surface area contributed by atoms with Crippen LogP contribution in [0.3, 0.4) is 0 Å². The first-order chi connectivity index (χ1) is 12.5. The highest BCUT2D eigenvalue weighted by molar-refractivity contribution is 7.15. The third kappa shape index (κ3) is 3.70. The third-order valence-electron chi connectivity index (χ3n) is 3.82. The molecule has 1 aromatic carbocycles. The van der Waals surface area contributed by atoms with Crippen LogP contribution in [0.25, 0.3) is 11.3 Å². The Balaban J connectivity index is 1.96. The van der Waals surface area contributed by atoms with Crippen molar-refractivity contribution in [3.8, 4) is 11.3 Å². The van der Waals surface area contributed by atoms with Crippen molar-refractivity contribution >= 4 is 28.2 Å². The van der Waals surface area contributed by atoms with Gasteiger partial charge in [-0.05, 0) is 45.0 Å². The Kier molecular flexibility index (Phi) is 5.23. The number of hydrogen-bond acceptors (Lipinski definition) is 5. The summed E-state index contributed by atoms with van der Waals surface area (Å²) in [5.74, 6) is 0.542. The highest BCUT2D eigenvalue weighted by Gasteiger charge is 2.24.